The van der Waals surface area contributed by atoms with Gasteiger partial charge in [0.2, 0.25) is 5.91 Å². The zero-order chi connectivity index (χ0) is 16.8. The highest BCUT2D eigenvalue weighted by molar-refractivity contribution is 5.94. The number of carbonyl (C=O) groups excluding carboxylic acids is 2. The number of rotatable bonds is 5. The van der Waals surface area contributed by atoms with E-state index >= 15 is 0 Å². The minimum absolute atomic E-state index is 0.0131. The summed E-state index contributed by atoms with van der Waals surface area (Å²) >= 11 is 0. The molecule has 0 radical (unpaired) electrons. The molecule has 1 aromatic rings. The van der Waals surface area contributed by atoms with Crippen LogP contribution in [-0.4, -0.2) is 50.5 Å². The number of amides is 2. The van der Waals surface area contributed by atoms with Crippen molar-refractivity contribution in [2.75, 3.05) is 39.1 Å². The Kier molecular flexibility index (Phi) is 5.98. The van der Waals surface area contributed by atoms with E-state index in [1.165, 1.54) is 4.90 Å². The first-order chi connectivity index (χ1) is 11.0. The number of benzene rings is 1. The van der Waals surface area contributed by atoms with Crippen LogP contribution in [0.15, 0.2) is 18.2 Å². The first-order valence-corrected chi connectivity index (χ1v) is 7.92. The molecule has 0 bridgehead atoms. The number of anilines is 1. The van der Waals surface area contributed by atoms with Crippen LogP contribution in [-0.2, 0) is 9.59 Å². The Balaban J connectivity index is 2.05. The van der Waals surface area contributed by atoms with Gasteiger partial charge in [0.25, 0.3) is 5.91 Å². The third-order valence-corrected chi connectivity index (χ3v) is 3.95. The predicted molar refractivity (Wildman–Crippen MR) is 89.6 cm³/mol. The number of carbonyl (C=O) groups is 2. The third-order valence-electron chi connectivity index (χ3n) is 3.95. The van der Waals surface area contributed by atoms with Crippen LogP contribution in [0.3, 0.4) is 0 Å². The second kappa shape index (κ2) is 7.97. The van der Waals surface area contributed by atoms with E-state index in [1.807, 2.05) is 25.1 Å². The smallest absolute Gasteiger partial charge is 0.259 e. The number of likely N-dealkylation sites (N-methyl/N-ethyl adjacent to an activating group) is 1. The van der Waals surface area contributed by atoms with E-state index < -0.39 is 0 Å². The highest BCUT2D eigenvalue weighted by Crippen LogP contribution is 2.27. The topological polar surface area (TPSA) is 70.7 Å². The first kappa shape index (κ1) is 17.3. The molecular weight excluding hydrogens is 294 g/mol. The Bertz CT molecular complexity index is 566. The molecule has 2 rings (SSSR count). The summed E-state index contributed by atoms with van der Waals surface area (Å²) in [5.74, 6) is 0.442. The van der Waals surface area contributed by atoms with Gasteiger partial charge in [0.05, 0.1) is 5.69 Å². The van der Waals surface area contributed by atoms with Crippen molar-refractivity contribution in [2.24, 2.45) is 5.92 Å². The normalized spacial score (nSPS) is 15.1. The summed E-state index contributed by atoms with van der Waals surface area (Å²) in [6.45, 7) is 3.63. The summed E-state index contributed by atoms with van der Waals surface area (Å²) in [5.41, 5.74) is 1.63. The van der Waals surface area contributed by atoms with E-state index in [0.29, 0.717) is 11.4 Å². The molecule has 1 aliphatic rings. The molecule has 126 valence electrons. The van der Waals surface area contributed by atoms with Gasteiger partial charge in [-0.15, -0.1) is 0 Å². The molecule has 2 amide bonds. The molecule has 1 heterocycles. The standard InChI is InChI=1S/C17H25N3O3/c1-12-4-5-14(15(10-12)23-11-16(21)20(2)3)19-17(22)13-6-8-18-9-7-13/h4-5,10,13,18H,6-9,11H2,1-3H3,(H,19,22). The molecule has 1 fully saturated rings. The number of hydrogen-bond acceptors (Lipinski definition) is 4. The van der Waals surface area contributed by atoms with Crippen molar-refractivity contribution >= 4 is 17.5 Å². The van der Waals surface area contributed by atoms with Crippen molar-refractivity contribution in [1.82, 2.24) is 10.2 Å². The molecule has 6 heteroatoms. The average Bonchev–Trinajstić information content (AvgIpc) is 2.55. The molecular formula is C17H25N3O3. The highest BCUT2D eigenvalue weighted by Gasteiger charge is 2.22. The Morgan fingerprint density at radius 1 is 1.30 bits per heavy atom. The van der Waals surface area contributed by atoms with E-state index in [9.17, 15) is 9.59 Å². The van der Waals surface area contributed by atoms with Gasteiger partial charge in [-0.05, 0) is 50.6 Å². The zero-order valence-electron chi connectivity index (χ0n) is 14.0. The van der Waals surface area contributed by atoms with Crippen molar-refractivity contribution in [3.63, 3.8) is 0 Å². The first-order valence-electron chi connectivity index (χ1n) is 7.92. The lowest BCUT2D eigenvalue weighted by atomic mass is 9.97. The predicted octanol–water partition coefficient (Wildman–Crippen LogP) is 1.40. The number of nitrogens with zero attached hydrogens (tertiary/aromatic N) is 1. The van der Waals surface area contributed by atoms with Gasteiger partial charge in [0.1, 0.15) is 5.75 Å². The van der Waals surface area contributed by atoms with E-state index in [-0.39, 0.29) is 24.3 Å². The van der Waals surface area contributed by atoms with Gasteiger partial charge >= 0.3 is 0 Å². The van der Waals surface area contributed by atoms with Gasteiger partial charge in [0.15, 0.2) is 6.61 Å². The Morgan fingerprint density at radius 2 is 2.00 bits per heavy atom. The molecule has 6 nitrogen and oxygen atoms in total. The lowest BCUT2D eigenvalue weighted by Gasteiger charge is -2.22. The third kappa shape index (κ3) is 4.96. The van der Waals surface area contributed by atoms with Crippen molar-refractivity contribution < 1.29 is 14.3 Å². The van der Waals surface area contributed by atoms with Crippen LogP contribution < -0.4 is 15.4 Å². The fourth-order valence-electron chi connectivity index (χ4n) is 2.44. The summed E-state index contributed by atoms with van der Waals surface area (Å²) in [6, 6.07) is 5.57. The number of aryl methyl sites for hydroxylation is 1. The van der Waals surface area contributed by atoms with E-state index in [1.54, 1.807) is 14.1 Å². The molecule has 0 atom stereocenters. The van der Waals surface area contributed by atoms with Crippen LogP contribution in [0.1, 0.15) is 18.4 Å². The number of nitrogens with one attached hydrogen (secondary N) is 2. The van der Waals surface area contributed by atoms with Crippen LogP contribution in [0.2, 0.25) is 0 Å². The molecule has 1 aromatic carbocycles. The average molecular weight is 319 g/mol. The Hall–Kier alpha value is -2.08. The fraction of sp³-hybridized carbons (Fsp3) is 0.529. The molecule has 2 N–H and O–H groups in total. The summed E-state index contributed by atoms with van der Waals surface area (Å²) < 4.78 is 5.61. The summed E-state index contributed by atoms with van der Waals surface area (Å²) in [7, 11) is 3.36. The van der Waals surface area contributed by atoms with Crippen LogP contribution >= 0.6 is 0 Å². The molecule has 1 saturated heterocycles. The van der Waals surface area contributed by atoms with Crippen molar-refractivity contribution in [2.45, 2.75) is 19.8 Å². The van der Waals surface area contributed by atoms with Gasteiger partial charge in [0, 0.05) is 20.0 Å². The lowest BCUT2D eigenvalue weighted by molar-refractivity contribution is -0.130. The van der Waals surface area contributed by atoms with Crippen LogP contribution in [0.5, 0.6) is 5.75 Å². The summed E-state index contributed by atoms with van der Waals surface area (Å²) in [4.78, 5) is 25.5. The maximum atomic E-state index is 12.4. The lowest BCUT2D eigenvalue weighted by Crippen LogP contribution is -2.34. The molecule has 0 spiro atoms. The van der Waals surface area contributed by atoms with Gasteiger partial charge in [-0.2, -0.15) is 0 Å². The maximum Gasteiger partial charge on any atom is 0.259 e. The van der Waals surface area contributed by atoms with E-state index in [4.69, 9.17) is 4.74 Å². The highest BCUT2D eigenvalue weighted by atomic mass is 16.5. The minimum atomic E-state index is -0.123. The molecule has 23 heavy (non-hydrogen) atoms. The van der Waals surface area contributed by atoms with Crippen LogP contribution in [0.25, 0.3) is 0 Å². The summed E-state index contributed by atoms with van der Waals surface area (Å²) in [6.07, 6.45) is 1.68. The minimum Gasteiger partial charge on any atom is -0.482 e. The van der Waals surface area contributed by atoms with Gasteiger partial charge in [-0.3, -0.25) is 9.59 Å². The zero-order valence-corrected chi connectivity index (χ0v) is 14.0. The van der Waals surface area contributed by atoms with Crippen LogP contribution in [0.4, 0.5) is 5.69 Å². The van der Waals surface area contributed by atoms with E-state index in [2.05, 4.69) is 10.6 Å². The van der Waals surface area contributed by atoms with Crippen molar-refractivity contribution in [3.05, 3.63) is 23.8 Å². The van der Waals surface area contributed by atoms with Crippen molar-refractivity contribution in [1.29, 1.82) is 0 Å². The quantitative estimate of drug-likeness (QED) is 0.861. The Morgan fingerprint density at radius 3 is 2.65 bits per heavy atom. The Labute approximate surface area is 137 Å². The molecule has 1 aliphatic heterocycles. The monoisotopic (exact) mass is 319 g/mol. The molecule has 0 unspecified atom stereocenters. The largest absolute Gasteiger partial charge is 0.482 e. The second-order valence-corrected chi connectivity index (χ2v) is 6.09. The fourth-order valence-corrected chi connectivity index (χ4v) is 2.44. The number of hydrogen-bond donors (Lipinski definition) is 2. The summed E-state index contributed by atoms with van der Waals surface area (Å²) in [5, 5.41) is 6.19. The number of ether oxygens (including phenoxy) is 1. The van der Waals surface area contributed by atoms with Gasteiger partial charge in [-0.1, -0.05) is 6.07 Å². The number of piperidine rings is 1. The second-order valence-electron chi connectivity index (χ2n) is 6.09. The molecule has 0 aromatic heterocycles. The van der Waals surface area contributed by atoms with E-state index in [0.717, 1.165) is 31.5 Å². The molecule has 0 saturated carbocycles. The molecule has 0 aliphatic carbocycles. The van der Waals surface area contributed by atoms with Crippen LogP contribution in [0, 0.1) is 12.8 Å². The van der Waals surface area contributed by atoms with Crippen molar-refractivity contribution in [3.8, 4) is 5.75 Å². The SMILES string of the molecule is Cc1ccc(NC(=O)C2CCNCC2)c(OCC(=O)N(C)C)c1. The van der Waals surface area contributed by atoms with Gasteiger partial charge in [-0.25, -0.2) is 0 Å². The van der Waals surface area contributed by atoms with Gasteiger partial charge < -0.3 is 20.3 Å². The maximum absolute atomic E-state index is 12.4.